The SMILES string of the molecule is CC(C)(C)NCc1nccn1CC1CCC(C)(C)O1. The first-order chi connectivity index (χ1) is 8.75. The van der Waals surface area contributed by atoms with Gasteiger partial charge in [-0.3, -0.25) is 0 Å². The van der Waals surface area contributed by atoms with Gasteiger partial charge in [0.2, 0.25) is 0 Å². The van der Waals surface area contributed by atoms with Crippen molar-refractivity contribution in [2.24, 2.45) is 0 Å². The van der Waals surface area contributed by atoms with Gasteiger partial charge in [0.15, 0.2) is 0 Å². The van der Waals surface area contributed by atoms with E-state index in [0.717, 1.165) is 31.8 Å². The maximum atomic E-state index is 6.05. The fourth-order valence-electron chi connectivity index (χ4n) is 2.44. The summed E-state index contributed by atoms with van der Waals surface area (Å²) in [7, 11) is 0. The zero-order chi connectivity index (χ0) is 14.1. The largest absolute Gasteiger partial charge is 0.370 e. The smallest absolute Gasteiger partial charge is 0.122 e. The van der Waals surface area contributed by atoms with Crippen LogP contribution in [0.4, 0.5) is 0 Å². The molecule has 0 radical (unpaired) electrons. The van der Waals surface area contributed by atoms with E-state index in [2.05, 4.69) is 49.5 Å². The third-order valence-electron chi connectivity index (χ3n) is 3.53. The van der Waals surface area contributed by atoms with Crippen LogP contribution < -0.4 is 5.32 Å². The maximum absolute atomic E-state index is 6.05. The number of imidazole rings is 1. The molecule has 0 bridgehead atoms. The number of hydrogen-bond acceptors (Lipinski definition) is 3. The van der Waals surface area contributed by atoms with Crippen molar-refractivity contribution < 1.29 is 4.74 Å². The summed E-state index contributed by atoms with van der Waals surface area (Å²) in [5.74, 6) is 1.09. The standard InChI is InChI=1S/C15H27N3O/c1-14(2,3)17-10-13-16-8-9-18(13)11-12-6-7-15(4,5)19-12/h8-9,12,17H,6-7,10-11H2,1-5H3. The van der Waals surface area contributed by atoms with E-state index >= 15 is 0 Å². The van der Waals surface area contributed by atoms with Gasteiger partial charge in [0.1, 0.15) is 5.82 Å². The molecule has 1 saturated heterocycles. The Kier molecular flexibility index (Phi) is 4.02. The van der Waals surface area contributed by atoms with Crippen LogP contribution in [0.1, 0.15) is 53.3 Å². The Morgan fingerprint density at radius 2 is 2.21 bits per heavy atom. The molecule has 1 unspecified atom stereocenters. The first kappa shape index (κ1) is 14.5. The number of ether oxygens (including phenoxy) is 1. The average Bonchev–Trinajstić information content (AvgIpc) is 2.82. The topological polar surface area (TPSA) is 39.1 Å². The van der Waals surface area contributed by atoms with E-state index in [4.69, 9.17) is 4.74 Å². The summed E-state index contributed by atoms with van der Waals surface area (Å²) in [4.78, 5) is 4.44. The van der Waals surface area contributed by atoms with E-state index in [1.165, 1.54) is 0 Å². The highest BCUT2D eigenvalue weighted by molar-refractivity contribution is 4.95. The third kappa shape index (κ3) is 4.32. The van der Waals surface area contributed by atoms with Crippen LogP contribution in [0.5, 0.6) is 0 Å². The number of nitrogens with zero attached hydrogens (tertiary/aromatic N) is 2. The quantitative estimate of drug-likeness (QED) is 0.910. The summed E-state index contributed by atoms with van der Waals surface area (Å²) in [5, 5.41) is 3.48. The van der Waals surface area contributed by atoms with Gasteiger partial charge in [-0.15, -0.1) is 0 Å². The maximum Gasteiger partial charge on any atom is 0.122 e. The van der Waals surface area contributed by atoms with Crippen molar-refractivity contribution in [2.75, 3.05) is 0 Å². The minimum Gasteiger partial charge on any atom is -0.370 e. The Labute approximate surface area is 116 Å². The molecule has 19 heavy (non-hydrogen) atoms. The van der Waals surface area contributed by atoms with Gasteiger partial charge in [-0.1, -0.05) is 0 Å². The predicted octanol–water partition coefficient (Wildman–Crippen LogP) is 2.73. The molecule has 0 amide bonds. The molecular formula is C15H27N3O. The van der Waals surface area contributed by atoms with Crippen LogP contribution in [0, 0.1) is 0 Å². The van der Waals surface area contributed by atoms with Crippen molar-refractivity contribution in [1.29, 1.82) is 0 Å². The van der Waals surface area contributed by atoms with E-state index in [1.807, 2.05) is 12.4 Å². The molecule has 1 aliphatic heterocycles. The molecule has 1 aliphatic rings. The summed E-state index contributed by atoms with van der Waals surface area (Å²) in [6.07, 6.45) is 6.52. The molecule has 108 valence electrons. The molecular weight excluding hydrogens is 238 g/mol. The van der Waals surface area contributed by atoms with Gasteiger partial charge in [-0.05, 0) is 47.5 Å². The van der Waals surface area contributed by atoms with Crippen molar-refractivity contribution in [2.45, 2.75) is 77.8 Å². The van der Waals surface area contributed by atoms with Gasteiger partial charge in [-0.2, -0.15) is 0 Å². The van der Waals surface area contributed by atoms with E-state index < -0.39 is 0 Å². The fourth-order valence-corrected chi connectivity index (χ4v) is 2.44. The minimum absolute atomic E-state index is 0.0368. The van der Waals surface area contributed by atoms with Crippen molar-refractivity contribution >= 4 is 0 Å². The Balaban J connectivity index is 1.93. The molecule has 1 aromatic heterocycles. The molecule has 0 aromatic carbocycles. The van der Waals surface area contributed by atoms with Crippen LogP contribution in [0.2, 0.25) is 0 Å². The van der Waals surface area contributed by atoms with E-state index in [1.54, 1.807) is 0 Å². The number of hydrogen-bond donors (Lipinski definition) is 1. The molecule has 1 fully saturated rings. The lowest BCUT2D eigenvalue weighted by molar-refractivity contribution is -0.0220. The summed E-state index contributed by atoms with van der Waals surface area (Å²) in [5.41, 5.74) is 0.150. The van der Waals surface area contributed by atoms with Gasteiger partial charge in [0.25, 0.3) is 0 Å². The van der Waals surface area contributed by atoms with Crippen molar-refractivity contribution in [3.8, 4) is 0 Å². The lowest BCUT2D eigenvalue weighted by Gasteiger charge is -2.22. The van der Waals surface area contributed by atoms with E-state index in [-0.39, 0.29) is 11.1 Å². The van der Waals surface area contributed by atoms with Gasteiger partial charge in [0.05, 0.1) is 24.8 Å². The van der Waals surface area contributed by atoms with E-state index in [9.17, 15) is 0 Å². The Hall–Kier alpha value is -0.870. The van der Waals surface area contributed by atoms with Crippen LogP contribution in [0.3, 0.4) is 0 Å². The first-order valence-corrected chi connectivity index (χ1v) is 7.18. The third-order valence-corrected chi connectivity index (χ3v) is 3.53. The number of nitrogens with one attached hydrogen (secondary N) is 1. The van der Waals surface area contributed by atoms with Crippen molar-refractivity contribution in [3.05, 3.63) is 18.2 Å². The van der Waals surface area contributed by atoms with Crippen molar-refractivity contribution in [3.63, 3.8) is 0 Å². The van der Waals surface area contributed by atoms with Crippen LogP contribution in [-0.2, 0) is 17.8 Å². The second-order valence-corrected chi connectivity index (χ2v) is 7.14. The molecule has 2 rings (SSSR count). The Morgan fingerprint density at radius 3 is 2.79 bits per heavy atom. The second-order valence-electron chi connectivity index (χ2n) is 7.14. The monoisotopic (exact) mass is 265 g/mol. The van der Waals surface area contributed by atoms with Gasteiger partial charge in [0, 0.05) is 17.9 Å². The molecule has 4 heteroatoms. The van der Waals surface area contributed by atoms with Crippen molar-refractivity contribution in [1.82, 2.24) is 14.9 Å². The minimum atomic E-state index is 0.0368. The van der Waals surface area contributed by atoms with Gasteiger partial charge < -0.3 is 14.6 Å². The molecule has 1 N–H and O–H groups in total. The molecule has 0 spiro atoms. The number of rotatable bonds is 4. The normalized spacial score (nSPS) is 22.9. The molecule has 0 saturated carbocycles. The highest BCUT2D eigenvalue weighted by Gasteiger charge is 2.31. The number of aromatic nitrogens is 2. The summed E-state index contributed by atoms with van der Waals surface area (Å²) >= 11 is 0. The predicted molar refractivity (Wildman–Crippen MR) is 77.0 cm³/mol. The van der Waals surface area contributed by atoms with Crippen LogP contribution in [0.25, 0.3) is 0 Å². The van der Waals surface area contributed by atoms with Crippen LogP contribution in [-0.4, -0.2) is 26.8 Å². The molecule has 0 aliphatic carbocycles. The van der Waals surface area contributed by atoms with Crippen LogP contribution in [0.15, 0.2) is 12.4 Å². The highest BCUT2D eigenvalue weighted by Crippen LogP contribution is 2.30. The van der Waals surface area contributed by atoms with Gasteiger partial charge in [-0.25, -0.2) is 4.98 Å². The zero-order valence-electron chi connectivity index (χ0n) is 12.9. The molecule has 1 atom stereocenters. The Bertz CT molecular complexity index is 417. The fraction of sp³-hybridized carbons (Fsp3) is 0.800. The summed E-state index contributed by atoms with van der Waals surface area (Å²) in [6, 6.07) is 0. The van der Waals surface area contributed by atoms with Crippen LogP contribution >= 0.6 is 0 Å². The highest BCUT2D eigenvalue weighted by atomic mass is 16.5. The summed E-state index contributed by atoms with van der Waals surface area (Å²) in [6.45, 7) is 12.6. The lowest BCUT2D eigenvalue weighted by atomic mass is 10.1. The first-order valence-electron chi connectivity index (χ1n) is 7.18. The molecule has 1 aromatic rings. The zero-order valence-corrected chi connectivity index (χ0v) is 12.9. The van der Waals surface area contributed by atoms with Gasteiger partial charge >= 0.3 is 0 Å². The van der Waals surface area contributed by atoms with E-state index in [0.29, 0.717) is 6.10 Å². The average molecular weight is 265 g/mol. The molecule has 4 nitrogen and oxygen atoms in total. The second kappa shape index (κ2) is 5.25. The lowest BCUT2D eigenvalue weighted by Crippen LogP contribution is -2.36. The molecule has 2 heterocycles. The summed E-state index contributed by atoms with van der Waals surface area (Å²) < 4.78 is 8.27. The Morgan fingerprint density at radius 1 is 1.47 bits per heavy atom.